The largest absolute Gasteiger partial charge is 0.460 e. The van der Waals surface area contributed by atoms with Crippen molar-refractivity contribution in [3.05, 3.63) is 60.2 Å². The lowest BCUT2D eigenvalue weighted by Crippen LogP contribution is -2.37. The molecule has 2 aromatic rings. The third-order valence-corrected chi connectivity index (χ3v) is 5.79. The van der Waals surface area contributed by atoms with Crippen LogP contribution in [-0.2, 0) is 9.53 Å². The Morgan fingerprint density at radius 3 is 2.26 bits per heavy atom. The average Bonchev–Trinajstić information content (AvgIpc) is 2.68. The molecule has 27 heavy (non-hydrogen) atoms. The lowest BCUT2D eigenvalue weighted by Gasteiger charge is -2.37. The molecule has 3 heteroatoms. The van der Waals surface area contributed by atoms with Gasteiger partial charge in [-0.25, -0.2) is 4.79 Å². The quantitative estimate of drug-likeness (QED) is 0.722. The van der Waals surface area contributed by atoms with E-state index in [0.29, 0.717) is 23.3 Å². The maximum atomic E-state index is 12.6. The first-order chi connectivity index (χ1) is 13.0. The van der Waals surface area contributed by atoms with Gasteiger partial charge in [0.05, 0.1) is 0 Å². The maximum absolute atomic E-state index is 12.6. The molecule has 3 nitrogen and oxygen atoms in total. The highest BCUT2D eigenvalue weighted by molar-refractivity contribution is 5.77. The molecule has 1 saturated carbocycles. The molecule has 144 valence electrons. The summed E-state index contributed by atoms with van der Waals surface area (Å²) >= 11 is 0. The van der Waals surface area contributed by atoms with E-state index in [4.69, 9.17) is 4.74 Å². The van der Waals surface area contributed by atoms with Crippen molar-refractivity contribution in [1.29, 1.82) is 0 Å². The Kier molecular flexibility index (Phi) is 6.33. The van der Waals surface area contributed by atoms with E-state index in [1.165, 1.54) is 6.42 Å². The Morgan fingerprint density at radius 1 is 1.00 bits per heavy atom. The Balaban J connectivity index is 1.67. The number of ether oxygens (including phenoxy) is 1. The number of benzene rings is 2. The monoisotopic (exact) mass is 366 g/mol. The van der Waals surface area contributed by atoms with E-state index in [9.17, 15) is 9.90 Å². The normalized spacial score (nSPS) is 23.8. The summed E-state index contributed by atoms with van der Waals surface area (Å²) in [4.78, 5) is 12.6. The summed E-state index contributed by atoms with van der Waals surface area (Å²) in [6, 6.07) is 17.5. The summed E-state index contributed by atoms with van der Waals surface area (Å²) in [7, 11) is 0. The summed E-state index contributed by atoms with van der Waals surface area (Å²) < 4.78 is 5.78. The van der Waals surface area contributed by atoms with Gasteiger partial charge in [-0.2, -0.15) is 0 Å². The Hall–Kier alpha value is -2.13. The second-order valence-electron chi connectivity index (χ2n) is 8.19. The molecule has 1 aliphatic carbocycles. The van der Waals surface area contributed by atoms with E-state index in [1.807, 2.05) is 42.5 Å². The number of esters is 1. The van der Waals surface area contributed by atoms with Crippen molar-refractivity contribution in [1.82, 2.24) is 0 Å². The topological polar surface area (TPSA) is 46.5 Å². The van der Waals surface area contributed by atoms with Crippen LogP contribution in [0.25, 0.3) is 11.1 Å². The first-order valence-electron chi connectivity index (χ1n) is 9.99. The number of aliphatic hydroxyl groups excluding tert-OH is 1. The molecule has 0 aromatic heterocycles. The third kappa shape index (κ3) is 4.78. The molecule has 2 aromatic carbocycles. The van der Waals surface area contributed by atoms with Crippen LogP contribution >= 0.6 is 0 Å². The Bertz CT molecular complexity index is 736. The van der Waals surface area contributed by atoms with Crippen LogP contribution in [0, 0.1) is 17.8 Å². The lowest BCUT2D eigenvalue weighted by atomic mass is 9.75. The zero-order valence-corrected chi connectivity index (χ0v) is 16.5. The van der Waals surface area contributed by atoms with Gasteiger partial charge in [-0.3, -0.25) is 0 Å². The molecule has 0 heterocycles. The van der Waals surface area contributed by atoms with Crippen molar-refractivity contribution < 1.29 is 14.6 Å². The molecule has 1 fully saturated rings. The summed E-state index contributed by atoms with van der Waals surface area (Å²) in [5.41, 5.74) is 2.74. The molecule has 0 amide bonds. The van der Waals surface area contributed by atoms with Gasteiger partial charge < -0.3 is 9.84 Å². The fraction of sp³-hybridized carbons (Fsp3) is 0.458. The van der Waals surface area contributed by atoms with Gasteiger partial charge in [0.1, 0.15) is 6.10 Å². The predicted molar refractivity (Wildman–Crippen MR) is 108 cm³/mol. The highest BCUT2D eigenvalue weighted by Crippen LogP contribution is 2.36. The molecule has 3 rings (SSSR count). The van der Waals surface area contributed by atoms with Crippen LogP contribution in [0.4, 0.5) is 0 Å². The first kappa shape index (κ1) is 19.6. The van der Waals surface area contributed by atoms with Gasteiger partial charge in [0.15, 0.2) is 6.10 Å². The van der Waals surface area contributed by atoms with Crippen molar-refractivity contribution >= 4 is 5.97 Å². The van der Waals surface area contributed by atoms with Crippen LogP contribution in [0.2, 0.25) is 0 Å². The van der Waals surface area contributed by atoms with E-state index < -0.39 is 12.1 Å². The van der Waals surface area contributed by atoms with Crippen molar-refractivity contribution in [3.63, 3.8) is 0 Å². The zero-order chi connectivity index (χ0) is 19.4. The van der Waals surface area contributed by atoms with Gasteiger partial charge in [-0.1, -0.05) is 81.8 Å². The fourth-order valence-corrected chi connectivity index (χ4v) is 4.09. The van der Waals surface area contributed by atoms with E-state index in [-0.39, 0.29) is 6.10 Å². The van der Waals surface area contributed by atoms with Crippen molar-refractivity contribution in [2.75, 3.05) is 0 Å². The smallest absolute Gasteiger partial charge is 0.339 e. The molecule has 0 radical (unpaired) electrons. The van der Waals surface area contributed by atoms with Crippen LogP contribution in [-0.4, -0.2) is 17.2 Å². The van der Waals surface area contributed by atoms with Crippen molar-refractivity contribution in [3.8, 4) is 11.1 Å². The van der Waals surface area contributed by atoms with Crippen LogP contribution in [0.1, 0.15) is 51.7 Å². The minimum atomic E-state index is -1.24. The summed E-state index contributed by atoms with van der Waals surface area (Å²) in [6.07, 6.45) is 1.81. The second-order valence-corrected chi connectivity index (χ2v) is 8.19. The summed E-state index contributed by atoms with van der Waals surface area (Å²) in [5.74, 6) is 0.864. The van der Waals surface area contributed by atoms with Gasteiger partial charge >= 0.3 is 5.97 Å². The predicted octanol–water partition coefficient (Wildman–Crippen LogP) is 5.39. The van der Waals surface area contributed by atoms with E-state index in [1.54, 1.807) is 12.1 Å². The van der Waals surface area contributed by atoms with Gasteiger partial charge in [0, 0.05) is 0 Å². The molecular weight excluding hydrogens is 336 g/mol. The number of hydrogen-bond donors (Lipinski definition) is 1. The molecule has 1 N–H and O–H groups in total. The fourth-order valence-electron chi connectivity index (χ4n) is 4.09. The lowest BCUT2D eigenvalue weighted by molar-refractivity contribution is -0.166. The highest BCUT2D eigenvalue weighted by Gasteiger charge is 2.34. The van der Waals surface area contributed by atoms with Gasteiger partial charge in [-0.15, -0.1) is 0 Å². The molecule has 1 aliphatic rings. The summed E-state index contributed by atoms with van der Waals surface area (Å²) in [5, 5.41) is 10.5. The van der Waals surface area contributed by atoms with E-state index in [0.717, 1.165) is 24.0 Å². The molecule has 4 atom stereocenters. The maximum Gasteiger partial charge on any atom is 0.339 e. The van der Waals surface area contributed by atoms with Crippen molar-refractivity contribution in [2.45, 2.75) is 52.2 Å². The van der Waals surface area contributed by atoms with Crippen LogP contribution in [0.15, 0.2) is 54.6 Å². The number of rotatable bonds is 5. The molecule has 0 aliphatic heterocycles. The summed E-state index contributed by atoms with van der Waals surface area (Å²) in [6.45, 7) is 6.57. The Morgan fingerprint density at radius 2 is 1.63 bits per heavy atom. The zero-order valence-electron chi connectivity index (χ0n) is 16.5. The Labute approximate surface area is 162 Å². The third-order valence-electron chi connectivity index (χ3n) is 5.79. The average molecular weight is 367 g/mol. The van der Waals surface area contributed by atoms with Gasteiger partial charge in [0.2, 0.25) is 0 Å². The molecule has 0 spiro atoms. The van der Waals surface area contributed by atoms with E-state index in [2.05, 4.69) is 20.8 Å². The molecular formula is C24H30O3. The second kappa shape index (κ2) is 8.71. The molecule has 1 unspecified atom stereocenters. The number of hydrogen-bond acceptors (Lipinski definition) is 3. The first-order valence-corrected chi connectivity index (χ1v) is 9.99. The number of carbonyl (C=O) groups is 1. The minimum absolute atomic E-state index is 0.0977. The number of carbonyl (C=O) groups excluding carboxylic acids is 1. The van der Waals surface area contributed by atoms with Crippen LogP contribution in [0.5, 0.6) is 0 Å². The standard InChI is InChI=1S/C24H30O3/c1-16(2)21-14-9-17(3)15-22(21)27-24(26)23(25)20-12-10-19(11-13-20)18-7-5-4-6-8-18/h4-8,10-13,16-17,21-23,25H,9,14-15H2,1-3H3/t17-,21+,22-,23?/m1/s1. The highest BCUT2D eigenvalue weighted by atomic mass is 16.6. The van der Waals surface area contributed by atoms with Gasteiger partial charge in [0.25, 0.3) is 0 Å². The van der Waals surface area contributed by atoms with E-state index >= 15 is 0 Å². The number of aliphatic hydroxyl groups is 1. The molecule has 0 saturated heterocycles. The van der Waals surface area contributed by atoms with Crippen LogP contribution < -0.4 is 0 Å². The SMILES string of the molecule is CC(C)[C@@H]1CC[C@@H](C)C[C@H]1OC(=O)C(O)c1ccc(-c2ccccc2)cc1. The van der Waals surface area contributed by atoms with Crippen molar-refractivity contribution in [2.24, 2.45) is 17.8 Å². The minimum Gasteiger partial charge on any atom is -0.460 e. The van der Waals surface area contributed by atoms with Crippen LogP contribution in [0.3, 0.4) is 0 Å². The molecule has 0 bridgehead atoms. The van der Waals surface area contributed by atoms with Gasteiger partial charge in [-0.05, 0) is 47.3 Å².